The Balaban J connectivity index is 2.56. The zero-order chi connectivity index (χ0) is 14.3. The predicted molar refractivity (Wildman–Crippen MR) is 67.7 cm³/mol. The maximum absolute atomic E-state index is 11.8. The zero-order valence-electron chi connectivity index (χ0n) is 10.3. The van der Waals surface area contributed by atoms with Gasteiger partial charge >= 0.3 is 6.36 Å². The average molecular weight is 343 g/mol. The van der Waals surface area contributed by atoms with Gasteiger partial charge in [0.25, 0.3) is 0 Å². The van der Waals surface area contributed by atoms with Crippen molar-refractivity contribution in [3.63, 3.8) is 0 Å². The Kier molecular flexibility index (Phi) is 6.44. The molecule has 1 aromatic carbocycles. The van der Waals surface area contributed by atoms with Crippen molar-refractivity contribution in [1.82, 2.24) is 0 Å². The number of ether oxygens (including phenoxy) is 3. The molecule has 0 aliphatic rings. The summed E-state index contributed by atoms with van der Waals surface area (Å²) >= 11 is 3.31. The number of hydrogen-bond acceptors (Lipinski definition) is 3. The highest BCUT2D eigenvalue weighted by Crippen LogP contribution is 2.29. The second-order valence-electron chi connectivity index (χ2n) is 3.49. The van der Waals surface area contributed by atoms with E-state index in [0.29, 0.717) is 23.4 Å². The lowest BCUT2D eigenvalue weighted by molar-refractivity contribution is -0.325. The first-order chi connectivity index (χ1) is 8.96. The molecule has 3 nitrogen and oxygen atoms in total. The van der Waals surface area contributed by atoms with E-state index in [1.165, 1.54) is 0 Å². The fourth-order valence-electron chi connectivity index (χ4n) is 1.33. The van der Waals surface area contributed by atoms with Gasteiger partial charge in [-0.15, -0.1) is 13.2 Å². The highest BCUT2D eigenvalue weighted by atomic mass is 79.9. The van der Waals surface area contributed by atoms with E-state index < -0.39 is 13.0 Å². The van der Waals surface area contributed by atoms with Crippen molar-refractivity contribution < 1.29 is 27.4 Å². The quantitative estimate of drug-likeness (QED) is 0.555. The third-order valence-electron chi connectivity index (χ3n) is 2.07. The van der Waals surface area contributed by atoms with Crippen molar-refractivity contribution in [1.29, 1.82) is 0 Å². The number of rotatable bonds is 7. The molecular formula is C12H14BrF3O3. The van der Waals surface area contributed by atoms with Gasteiger partial charge in [0, 0.05) is 5.33 Å². The smallest absolute Gasteiger partial charge is 0.490 e. The summed E-state index contributed by atoms with van der Waals surface area (Å²) in [7, 11) is 0. The van der Waals surface area contributed by atoms with E-state index in [9.17, 15) is 13.2 Å². The third-order valence-corrected chi connectivity index (χ3v) is 2.72. The molecule has 0 radical (unpaired) electrons. The van der Waals surface area contributed by atoms with Crippen molar-refractivity contribution in [3.05, 3.63) is 23.8 Å². The topological polar surface area (TPSA) is 27.7 Å². The highest BCUT2D eigenvalue weighted by molar-refractivity contribution is 9.08. The van der Waals surface area contributed by atoms with Gasteiger partial charge in [0.2, 0.25) is 0 Å². The van der Waals surface area contributed by atoms with Gasteiger partial charge in [-0.25, -0.2) is 0 Å². The Hall–Kier alpha value is -0.950. The van der Waals surface area contributed by atoms with Gasteiger partial charge < -0.3 is 9.47 Å². The standard InChI is InChI=1S/C12H14BrF3O3/c1-2-17-11-7-9(8-13)3-4-10(11)18-5-6-19-12(14,15)16/h3-4,7H,2,5-6,8H2,1H3. The molecule has 0 amide bonds. The largest absolute Gasteiger partial charge is 0.522 e. The number of halogens is 4. The van der Waals surface area contributed by atoms with Crippen LogP contribution in [0.1, 0.15) is 12.5 Å². The second-order valence-corrected chi connectivity index (χ2v) is 4.05. The van der Waals surface area contributed by atoms with Gasteiger partial charge in [-0.3, -0.25) is 4.74 Å². The molecule has 0 aromatic heterocycles. The zero-order valence-corrected chi connectivity index (χ0v) is 11.9. The molecule has 1 aromatic rings. The molecule has 0 heterocycles. The Morgan fingerprint density at radius 1 is 1.11 bits per heavy atom. The minimum Gasteiger partial charge on any atom is -0.490 e. The first-order valence-corrected chi connectivity index (χ1v) is 6.73. The Bertz CT molecular complexity index is 396. The molecule has 7 heteroatoms. The van der Waals surface area contributed by atoms with Crippen LogP contribution in [0.5, 0.6) is 11.5 Å². The maximum Gasteiger partial charge on any atom is 0.522 e. The van der Waals surface area contributed by atoms with Crippen molar-refractivity contribution in [3.8, 4) is 11.5 Å². The van der Waals surface area contributed by atoms with Crippen molar-refractivity contribution >= 4 is 15.9 Å². The van der Waals surface area contributed by atoms with Crippen LogP contribution in [0.4, 0.5) is 13.2 Å². The van der Waals surface area contributed by atoms with Gasteiger partial charge in [0.15, 0.2) is 11.5 Å². The van der Waals surface area contributed by atoms with Crippen LogP contribution in [-0.2, 0) is 10.1 Å². The number of hydrogen-bond donors (Lipinski definition) is 0. The van der Waals surface area contributed by atoms with Crippen LogP contribution < -0.4 is 9.47 Å². The number of alkyl halides is 4. The minimum atomic E-state index is -4.63. The first-order valence-electron chi connectivity index (χ1n) is 5.61. The summed E-state index contributed by atoms with van der Waals surface area (Å²) in [5.41, 5.74) is 0.988. The van der Waals surface area contributed by atoms with Crippen LogP contribution >= 0.6 is 15.9 Å². The SMILES string of the molecule is CCOc1cc(CBr)ccc1OCCOC(F)(F)F. The summed E-state index contributed by atoms with van der Waals surface area (Å²) in [6.45, 7) is 1.50. The monoisotopic (exact) mass is 342 g/mol. The van der Waals surface area contributed by atoms with Crippen LogP contribution in [0.2, 0.25) is 0 Å². The Morgan fingerprint density at radius 3 is 2.42 bits per heavy atom. The van der Waals surface area contributed by atoms with E-state index in [1.54, 1.807) is 18.2 Å². The van der Waals surface area contributed by atoms with Crippen molar-refractivity contribution in [2.75, 3.05) is 19.8 Å². The molecule has 0 unspecified atom stereocenters. The fraction of sp³-hybridized carbons (Fsp3) is 0.500. The van der Waals surface area contributed by atoms with E-state index in [2.05, 4.69) is 20.7 Å². The molecule has 0 fully saturated rings. The molecule has 0 saturated carbocycles. The summed E-state index contributed by atoms with van der Waals surface area (Å²) in [5, 5.41) is 0.657. The van der Waals surface area contributed by atoms with Crippen molar-refractivity contribution in [2.45, 2.75) is 18.6 Å². The van der Waals surface area contributed by atoms with Crippen LogP contribution in [-0.4, -0.2) is 26.2 Å². The molecule has 0 saturated heterocycles. The van der Waals surface area contributed by atoms with Gasteiger partial charge in [-0.1, -0.05) is 22.0 Å². The van der Waals surface area contributed by atoms with Gasteiger partial charge in [0.1, 0.15) is 6.61 Å². The second kappa shape index (κ2) is 7.59. The minimum absolute atomic E-state index is 0.201. The van der Waals surface area contributed by atoms with Gasteiger partial charge in [0.05, 0.1) is 13.2 Å². The van der Waals surface area contributed by atoms with Gasteiger partial charge in [-0.2, -0.15) is 0 Å². The summed E-state index contributed by atoms with van der Waals surface area (Å²) in [6.07, 6.45) is -4.63. The maximum atomic E-state index is 11.8. The molecule has 0 N–H and O–H groups in total. The van der Waals surface area contributed by atoms with Gasteiger partial charge in [-0.05, 0) is 24.6 Å². The average Bonchev–Trinajstić information content (AvgIpc) is 2.35. The highest BCUT2D eigenvalue weighted by Gasteiger charge is 2.28. The van der Waals surface area contributed by atoms with Crippen LogP contribution in [0.3, 0.4) is 0 Å². The predicted octanol–water partition coefficient (Wildman–Crippen LogP) is 3.90. The lowest BCUT2D eigenvalue weighted by Crippen LogP contribution is -2.18. The molecule has 19 heavy (non-hydrogen) atoms. The van der Waals surface area contributed by atoms with Crippen LogP contribution in [0, 0.1) is 0 Å². The molecule has 0 aliphatic carbocycles. The van der Waals surface area contributed by atoms with Crippen LogP contribution in [0.15, 0.2) is 18.2 Å². The fourth-order valence-corrected chi connectivity index (χ4v) is 1.68. The van der Waals surface area contributed by atoms with Crippen molar-refractivity contribution in [2.24, 2.45) is 0 Å². The molecule has 0 atom stereocenters. The molecule has 108 valence electrons. The summed E-state index contributed by atoms with van der Waals surface area (Å²) < 4.78 is 49.5. The summed E-state index contributed by atoms with van der Waals surface area (Å²) in [6, 6.07) is 5.24. The normalized spacial score (nSPS) is 11.4. The van der Waals surface area contributed by atoms with E-state index in [4.69, 9.17) is 9.47 Å². The van der Waals surface area contributed by atoms with E-state index >= 15 is 0 Å². The number of benzene rings is 1. The molecule has 1 rings (SSSR count). The Morgan fingerprint density at radius 2 is 1.84 bits per heavy atom. The molecule has 0 bridgehead atoms. The first kappa shape index (κ1) is 16.1. The van der Waals surface area contributed by atoms with E-state index in [-0.39, 0.29) is 6.61 Å². The third kappa shape index (κ3) is 6.15. The Labute approximate surface area is 117 Å². The van der Waals surface area contributed by atoms with E-state index in [1.807, 2.05) is 6.92 Å². The lowest BCUT2D eigenvalue weighted by Gasteiger charge is -2.13. The van der Waals surface area contributed by atoms with Crippen LogP contribution in [0.25, 0.3) is 0 Å². The lowest BCUT2D eigenvalue weighted by atomic mass is 10.2. The summed E-state index contributed by atoms with van der Waals surface area (Å²) in [4.78, 5) is 0. The van der Waals surface area contributed by atoms with E-state index in [0.717, 1.165) is 5.56 Å². The molecule has 0 aliphatic heterocycles. The summed E-state index contributed by atoms with van der Waals surface area (Å²) in [5.74, 6) is 0.906. The molecular weight excluding hydrogens is 329 g/mol. The molecule has 0 spiro atoms.